The van der Waals surface area contributed by atoms with Crippen LogP contribution in [0.5, 0.6) is 0 Å². The van der Waals surface area contributed by atoms with Gasteiger partial charge >= 0.3 is 6.09 Å². The highest BCUT2D eigenvalue weighted by molar-refractivity contribution is 5.90. The number of carbonyl (C=O) groups excluding carboxylic acids is 2. The minimum atomic E-state index is -0.600. The lowest BCUT2D eigenvalue weighted by atomic mass is 10.0. The van der Waals surface area contributed by atoms with Crippen LogP contribution in [0.3, 0.4) is 0 Å². The van der Waals surface area contributed by atoms with E-state index in [9.17, 15) is 9.59 Å². The number of halogens is 1. The zero-order valence-corrected chi connectivity index (χ0v) is 28.3. The summed E-state index contributed by atoms with van der Waals surface area (Å²) in [6.45, 7) is 8.84. The Morgan fingerprint density at radius 2 is 1.44 bits per heavy atom. The molecule has 0 bridgehead atoms. The summed E-state index contributed by atoms with van der Waals surface area (Å²) in [6, 6.07) is 5.76. The van der Waals surface area contributed by atoms with Crippen LogP contribution in [-0.4, -0.2) is 49.4 Å². The third-order valence-electron chi connectivity index (χ3n) is 8.35. The number of aromatic nitrogens is 1. The summed E-state index contributed by atoms with van der Waals surface area (Å²) >= 11 is 0. The molecule has 1 aromatic heterocycles. The number of amides is 2. The summed E-state index contributed by atoms with van der Waals surface area (Å²) in [6.07, 6.45) is 24.1. The largest absolute Gasteiger partial charge is 1.00 e. The topological polar surface area (TPSA) is 69.0 Å². The Balaban J connectivity index is 0.00000924. The number of nitrogens with zero attached hydrogens (tertiary/aromatic N) is 2. The average Bonchev–Trinajstić information content (AvgIpc) is 3.45. The summed E-state index contributed by atoms with van der Waals surface area (Å²) in [4.78, 5) is 26.0. The second-order valence-corrected chi connectivity index (χ2v) is 12.1. The number of unbranched alkanes of at least 4 members (excludes halogenated alkanes) is 15. The number of rotatable bonds is 24. The molecule has 43 heavy (non-hydrogen) atoms. The van der Waals surface area contributed by atoms with Gasteiger partial charge in [-0.25, -0.2) is 14.3 Å². The molecular formula is C35H61ClN2O5. The van der Waals surface area contributed by atoms with Gasteiger partial charge in [0.1, 0.15) is 13.1 Å². The van der Waals surface area contributed by atoms with Gasteiger partial charge in [0.25, 0.3) is 0 Å². The van der Waals surface area contributed by atoms with Gasteiger partial charge in [0.2, 0.25) is 11.6 Å². The molecule has 7 nitrogen and oxygen atoms in total. The molecule has 0 radical (unpaired) electrons. The first kappa shape index (κ1) is 39.3. The molecule has 0 saturated carbocycles. The number of imide groups is 1. The second kappa shape index (κ2) is 25.6. The van der Waals surface area contributed by atoms with Crippen LogP contribution in [0.4, 0.5) is 4.79 Å². The lowest BCUT2D eigenvalue weighted by Gasteiger charge is -2.19. The van der Waals surface area contributed by atoms with Crippen molar-refractivity contribution < 1.29 is 40.8 Å². The standard InChI is InChI=1S/C35H61N2O5.ClH/c1-4-6-7-8-9-10-11-12-13-14-15-16-17-18-19-22-25-40-30-34-26-32(28-41-34)29-42-35(39)37(31(3)38)27-33-23-20-21-24-36(33)5-2;/h20-21,23-24,32,34H,4-19,22,25-30H2,1-3H3;1H/q+1;/p-1. The van der Waals surface area contributed by atoms with Gasteiger partial charge < -0.3 is 26.6 Å². The molecule has 0 N–H and O–H groups in total. The van der Waals surface area contributed by atoms with Crippen LogP contribution in [0, 0.1) is 5.92 Å². The SMILES string of the molecule is CCCCCCCCCCCCCCCCCCOCC1CC(COC(=O)N(Cc2cccc[n+]2CC)C(C)=O)CO1.[Cl-]. The van der Waals surface area contributed by atoms with Crippen LogP contribution in [-0.2, 0) is 32.1 Å². The Hall–Kier alpha value is -1.70. The van der Waals surface area contributed by atoms with Gasteiger partial charge in [-0.3, -0.25) is 4.79 Å². The number of aryl methyl sites for hydroxylation is 1. The summed E-state index contributed by atoms with van der Waals surface area (Å²) < 4.78 is 19.3. The normalized spacial score (nSPS) is 16.2. The summed E-state index contributed by atoms with van der Waals surface area (Å²) in [5.41, 5.74) is 0.887. The highest BCUT2D eigenvalue weighted by Gasteiger charge is 2.29. The fourth-order valence-electron chi connectivity index (χ4n) is 5.68. The smallest absolute Gasteiger partial charge is 0.417 e. The maximum absolute atomic E-state index is 12.7. The van der Waals surface area contributed by atoms with E-state index in [-0.39, 0.29) is 43.5 Å². The molecule has 2 heterocycles. The molecule has 2 unspecified atom stereocenters. The van der Waals surface area contributed by atoms with Crippen molar-refractivity contribution in [1.29, 1.82) is 0 Å². The molecular weight excluding hydrogens is 564 g/mol. The van der Waals surface area contributed by atoms with Gasteiger partial charge in [0.05, 0.1) is 25.9 Å². The van der Waals surface area contributed by atoms with E-state index < -0.39 is 6.09 Å². The van der Waals surface area contributed by atoms with Crippen LogP contribution in [0.1, 0.15) is 136 Å². The van der Waals surface area contributed by atoms with E-state index in [1.165, 1.54) is 103 Å². The van der Waals surface area contributed by atoms with Gasteiger partial charge in [0, 0.05) is 31.6 Å². The van der Waals surface area contributed by atoms with Crippen LogP contribution >= 0.6 is 0 Å². The molecule has 1 aromatic rings. The molecule has 1 saturated heterocycles. The number of ether oxygens (including phenoxy) is 3. The molecule has 1 fully saturated rings. The van der Waals surface area contributed by atoms with Gasteiger partial charge in [-0.15, -0.1) is 0 Å². The van der Waals surface area contributed by atoms with Crippen LogP contribution in [0.25, 0.3) is 0 Å². The predicted octanol–water partition coefficient (Wildman–Crippen LogP) is 5.17. The van der Waals surface area contributed by atoms with Crippen molar-refractivity contribution in [3.8, 4) is 0 Å². The van der Waals surface area contributed by atoms with Crippen molar-refractivity contribution >= 4 is 12.0 Å². The first-order chi connectivity index (χ1) is 20.5. The van der Waals surface area contributed by atoms with Gasteiger partial charge in [-0.05, 0) is 19.8 Å². The first-order valence-electron chi connectivity index (χ1n) is 17.2. The molecule has 248 valence electrons. The van der Waals surface area contributed by atoms with Crippen LogP contribution in [0.2, 0.25) is 0 Å². The third-order valence-corrected chi connectivity index (χ3v) is 8.35. The molecule has 8 heteroatoms. The molecule has 0 aromatic carbocycles. The Labute approximate surface area is 268 Å². The second-order valence-electron chi connectivity index (χ2n) is 12.1. The molecule has 1 aliphatic heterocycles. The minimum absolute atomic E-state index is 0. The Bertz CT molecular complexity index is 855. The molecule has 1 aliphatic rings. The zero-order valence-electron chi connectivity index (χ0n) is 27.5. The number of carbonyl (C=O) groups is 2. The number of hydrogen-bond acceptors (Lipinski definition) is 5. The lowest BCUT2D eigenvalue weighted by Crippen LogP contribution is -3.00. The quantitative estimate of drug-likeness (QED) is 0.117. The van der Waals surface area contributed by atoms with Crippen molar-refractivity contribution in [2.45, 2.75) is 149 Å². The maximum atomic E-state index is 12.7. The van der Waals surface area contributed by atoms with Crippen molar-refractivity contribution in [1.82, 2.24) is 4.90 Å². The highest BCUT2D eigenvalue weighted by atomic mass is 35.5. The Kier molecular flexibility index (Phi) is 23.4. The van der Waals surface area contributed by atoms with E-state index in [1.807, 2.05) is 35.9 Å². The van der Waals surface area contributed by atoms with E-state index in [2.05, 4.69) is 6.92 Å². The number of hydrogen-bond donors (Lipinski definition) is 0. The summed E-state index contributed by atoms with van der Waals surface area (Å²) in [5, 5.41) is 0. The van der Waals surface area contributed by atoms with E-state index in [1.54, 1.807) is 0 Å². The fraction of sp³-hybridized carbons (Fsp3) is 0.800. The minimum Gasteiger partial charge on any atom is -1.00 e. The summed E-state index contributed by atoms with van der Waals surface area (Å²) in [7, 11) is 0. The van der Waals surface area contributed by atoms with Crippen molar-refractivity contribution in [3.63, 3.8) is 0 Å². The molecule has 0 spiro atoms. The van der Waals surface area contributed by atoms with Gasteiger partial charge in [-0.1, -0.05) is 109 Å². The van der Waals surface area contributed by atoms with Crippen LogP contribution in [0.15, 0.2) is 24.4 Å². The molecule has 2 atom stereocenters. The van der Waals surface area contributed by atoms with Crippen LogP contribution < -0.4 is 17.0 Å². The maximum Gasteiger partial charge on any atom is 0.417 e. The van der Waals surface area contributed by atoms with E-state index in [0.29, 0.717) is 13.2 Å². The Morgan fingerprint density at radius 3 is 2.00 bits per heavy atom. The predicted molar refractivity (Wildman–Crippen MR) is 168 cm³/mol. The van der Waals surface area contributed by atoms with Gasteiger partial charge in [-0.2, -0.15) is 0 Å². The number of pyridine rings is 1. The first-order valence-corrected chi connectivity index (χ1v) is 17.2. The van der Waals surface area contributed by atoms with E-state index in [4.69, 9.17) is 14.2 Å². The molecule has 2 amide bonds. The van der Waals surface area contributed by atoms with Gasteiger partial charge in [0.15, 0.2) is 6.20 Å². The third kappa shape index (κ3) is 18.0. The van der Waals surface area contributed by atoms with E-state index in [0.717, 1.165) is 36.6 Å². The zero-order chi connectivity index (χ0) is 30.3. The summed E-state index contributed by atoms with van der Waals surface area (Å²) in [5.74, 6) is -0.196. The van der Waals surface area contributed by atoms with Crippen molar-refractivity contribution in [3.05, 3.63) is 30.1 Å². The average molecular weight is 625 g/mol. The van der Waals surface area contributed by atoms with Crippen molar-refractivity contribution in [2.75, 3.05) is 26.4 Å². The Morgan fingerprint density at radius 1 is 0.860 bits per heavy atom. The monoisotopic (exact) mass is 624 g/mol. The fourth-order valence-corrected chi connectivity index (χ4v) is 5.68. The molecule has 0 aliphatic carbocycles. The lowest BCUT2D eigenvalue weighted by molar-refractivity contribution is -0.701. The van der Waals surface area contributed by atoms with Crippen molar-refractivity contribution in [2.24, 2.45) is 5.92 Å². The van der Waals surface area contributed by atoms with E-state index >= 15 is 0 Å². The molecule has 2 rings (SSSR count). The highest BCUT2D eigenvalue weighted by Crippen LogP contribution is 2.21.